The molecule has 0 radical (unpaired) electrons. The van der Waals surface area contributed by atoms with Crippen LogP contribution in [0.4, 0.5) is 0 Å². The largest absolute Gasteiger partial charge is 0.508 e. The van der Waals surface area contributed by atoms with Crippen molar-refractivity contribution in [2.45, 2.75) is 156 Å². The van der Waals surface area contributed by atoms with E-state index in [-0.39, 0.29) is 69.4 Å². The molecular formula is C65H73Cl2N9O23. The van der Waals surface area contributed by atoms with E-state index < -0.39 is 214 Å². The maximum atomic E-state index is 16.0. The van der Waals surface area contributed by atoms with Crippen molar-refractivity contribution in [1.29, 1.82) is 0 Å². The molecule has 32 nitrogen and oxygen atoms in total. The predicted molar refractivity (Wildman–Crippen MR) is 343 cm³/mol. The van der Waals surface area contributed by atoms with E-state index in [0.717, 1.165) is 60.7 Å². The molecule has 7 heterocycles. The Balaban J connectivity index is 1.24. The Kier molecular flexibility index (Phi) is 21.6. The van der Waals surface area contributed by atoms with Crippen molar-refractivity contribution in [3.8, 4) is 57.1 Å². The summed E-state index contributed by atoms with van der Waals surface area (Å²) in [6.07, 6.45) is -18.3. The topological polar surface area (TPSA) is 524 Å². The Labute approximate surface area is 572 Å². The Hall–Kier alpha value is -9.00. The number of benzene rings is 5. The summed E-state index contributed by atoms with van der Waals surface area (Å²) in [6, 6.07) is 0.0757. The van der Waals surface area contributed by atoms with E-state index in [1.165, 1.54) is 32.0 Å². The standard InChI is InChI=1S/C65H73Cl2N9O23/c1-23(2)11-34(68)58(88)75-49-51(83)26-6-9-39(32(66)13-26)95-41-15-28-16-42(55(41)99-64-56(54(86)53(85)43(22-78)97-64)98-45-20-65(4,70)57(87)24(3)94-45)96-40-10-7-27(14-33(40)67)52(84)50-63(93)72-36(21-77)30-17-29(79)18-38(81)46(30)31-12-25(5-8-37(31)80)47(60(90)76-50)74-61(91)48(28)73-59(89)35(19-44(69)82)71-62(49)92/h5-10,12-18,21,23-24,34-36,43,45,47-54,56-57,64,78-81,83-87H,11,19-20,22,68,70H2,1-4H3,(H2,69,82)(H,71,92)(H,72,93)(H,73,89)(H,74,91)(H,75,88)(H,76,90)/t24?,34-,35+,36-,43?,45?,47-,48-,49-,50+,51-,52-,53?,54?,56?,57?,64?,65?/m1/s1. The number of phenolic OH excluding ortho intramolecular Hbond substituents is 3. The SMILES string of the molecule is CC(C)C[C@@H](N)C(=O)N[C@H]1C(=O)N[C@@H](CC(N)=O)C(=O)N[C@H]2C(=O)N[C@H]3C(=O)N[C@H](C(=O)N[C@H](C=O)c4cc(O)cc(O)c4-c4cc3ccc4O)[C@H](O)c3ccc(c(Cl)c3)Oc3cc2cc(c3OC2OC(CO)C(O)C(O)C2OC2CC(C)(N)C(O)C(C)O2)Oc2ccc(cc2Cl)[C@H]1O. The lowest BCUT2D eigenvalue weighted by Gasteiger charge is -2.47. The lowest BCUT2D eigenvalue weighted by Crippen LogP contribution is -2.64. The van der Waals surface area contributed by atoms with Gasteiger partial charge in [-0.05, 0) is 109 Å². The maximum absolute atomic E-state index is 16.0. The van der Waals surface area contributed by atoms with E-state index in [1.807, 2.05) is 0 Å². The first-order chi connectivity index (χ1) is 46.7. The molecule has 11 bridgehead atoms. The van der Waals surface area contributed by atoms with Crippen LogP contribution in [-0.4, -0.2) is 179 Å². The molecule has 12 rings (SSSR count). The number of aldehydes is 1. The third kappa shape index (κ3) is 15.4. The van der Waals surface area contributed by atoms with Gasteiger partial charge in [0.05, 0.1) is 41.3 Å². The molecule has 5 aromatic rings. The van der Waals surface area contributed by atoms with Gasteiger partial charge in [-0.25, -0.2) is 0 Å². The van der Waals surface area contributed by atoms with Crippen LogP contribution in [0.2, 0.25) is 10.0 Å². The number of nitrogens with one attached hydrogen (secondary N) is 6. The molecule has 530 valence electrons. The molecule has 7 amide bonds. The second-order valence-corrected chi connectivity index (χ2v) is 26.1. The number of carbonyl (C=O) groups excluding carboxylic acids is 8. The highest BCUT2D eigenvalue weighted by atomic mass is 35.5. The fourth-order valence-electron chi connectivity index (χ4n) is 12.2. The summed E-state index contributed by atoms with van der Waals surface area (Å²) in [4.78, 5) is 116. The average Bonchev–Trinajstić information content (AvgIpc) is 0.772. The van der Waals surface area contributed by atoms with E-state index in [0.29, 0.717) is 0 Å². The minimum atomic E-state index is -2.32. The Morgan fingerprint density at radius 1 is 0.727 bits per heavy atom. The molecule has 18 atom stereocenters. The van der Waals surface area contributed by atoms with Gasteiger partial charge in [0.15, 0.2) is 23.9 Å². The third-order valence-electron chi connectivity index (χ3n) is 17.4. The number of hydrogen-bond donors (Lipinski definition) is 18. The molecule has 0 aliphatic carbocycles. The van der Waals surface area contributed by atoms with Crippen LogP contribution in [0.3, 0.4) is 0 Å². The van der Waals surface area contributed by atoms with Crippen molar-refractivity contribution in [3.63, 3.8) is 0 Å². The van der Waals surface area contributed by atoms with Gasteiger partial charge in [-0.15, -0.1) is 0 Å². The van der Waals surface area contributed by atoms with E-state index in [1.54, 1.807) is 13.8 Å². The summed E-state index contributed by atoms with van der Waals surface area (Å²) < 4.78 is 38.3. The minimum Gasteiger partial charge on any atom is -0.508 e. The predicted octanol–water partition coefficient (Wildman–Crippen LogP) is -0.0402. The molecule has 7 aliphatic heterocycles. The number of halogens is 2. The van der Waals surface area contributed by atoms with Crippen LogP contribution in [0.5, 0.6) is 46.0 Å². The van der Waals surface area contributed by atoms with Gasteiger partial charge in [-0.3, -0.25) is 33.6 Å². The number of rotatable bonds is 12. The first-order valence-electron chi connectivity index (χ1n) is 31.0. The van der Waals surface area contributed by atoms with Crippen LogP contribution in [0, 0.1) is 5.92 Å². The third-order valence-corrected chi connectivity index (χ3v) is 18.0. The first-order valence-corrected chi connectivity index (χ1v) is 31.8. The smallest absolute Gasteiger partial charge is 0.248 e. The quantitative estimate of drug-likeness (QED) is 0.0729. The zero-order valence-corrected chi connectivity index (χ0v) is 54.5. The number of aromatic hydroxyl groups is 3. The van der Waals surface area contributed by atoms with Crippen molar-refractivity contribution in [2.24, 2.45) is 23.1 Å². The van der Waals surface area contributed by atoms with Crippen LogP contribution in [-0.2, 0) is 52.6 Å². The van der Waals surface area contributed by atoms with E-state index >= 15 is 14.4 Å². The van der Waals surface area contributed by atoms with Gasteiger partial charge in [0, 0.05) is 29.2 Å². The number of amides is 7. The van der Waals surface area contributed by atoms with Gasteiger partial charge in [0.25, 0.3) is 0 Å². The van der Waals surface area contributed by atoms with Crippen LogP contribution < -0.4 is 63.3 Å². The van der Waals surface area contributed by atoms with Gasteiger partial charge >= 0.3 is 0 Å². The monoisotopic (exact) mass is 1420 g/mol. The van der Waals surface area contributed by atoms with Gasteiger partial charge in [0.1, 0.15) is 102 Å². The molecule has 2 fully saturated rings. The number of hydrogen-bond acceptors (Lipinski definition) is 25. The fourth-order valence-corrected chi connectivity index (χ4v) is 12.7. The second-order valence-electron chi connectivity index (χ2n) is 25.3. The Morgan fingerprint density at radius 3 is 1.93 bits per heavy atom. The number of aliphatic hydroxyl groups is 6. The van der Waals surface area contributed by atoms with Crippen molar-refractivity contribution in [2.75, 3.05) is 6.61 Å². The van der Waals surface area contributed by atoms with Crippen LogP contribution >= 0.6 is 23.2 Å². The molecule has 34 heteroatoms. The summed E-state index contributed by atoms with van der Waals surface area (Å²) in [5, 5.41) is 117. The summed E-state index contributed by atoms with van der Waals surface area (Å²) in [6.45, 7) is 5.57. The van der Waals surface area contributed by atoms with Crippen molar-refractivity contribution in [1.82, 2.24) is 31.9 Å². The molecule has 0 aromatic heterocycles. The maximum Gasteiger partial charge on any atom is 0.248 e. The molecule has 0 spiro atoms. The van der Waals surface area contributed by atoms with Crippen molar-refractivity contribution >= 4 is 70.8 Å². The molecule has 99 heavy (non-hydrogen) atoms. The Morgan fingerprint density at radius 2 is 1.33 bits per heavy atom. The van der Waals surface area contributed by atoms with Gasteiger partial charge < -0.3 is 128 Å². The lowest BCUT2D eigenvalue weighted by molar-refractivity contribution is -0.333. The molecule has 0 saturated carbocycles. The highest BCUT2D eigenvalue weighted by Crippen LogP contribution is 2.50. The number of nitrogens with two attached hydrogens (primary N) is 3. The Bertz CT molecular complexity index is 4000. The summed E-state index contributed by atoms with van der Waals surface area (Å²) in [5.41, 5.74) is 14.8. The number of aliphatic hydroxyl groups excluding tert-OH is 6. The highest BCUT2D eigenvalue weighted by molar-refractivity contribution is 6.32. The zero-order chi connectivity index (χ0) is 72.0. The number of ether oxygens (including phenoxy) is 6. The van der Waals surface area contributed by atoms with E-state index in [4.69, 9.17) is 68.8 Å². The molecule has 7 aliphatic rings. The minimum absolute atomic E-state index is 0.0827. The molecule has 9 unspecified atom stereocenters. The van der Waals surface area contributed by atoms with Crippen LogP contribution in [0.25, 0.3) is 11.1 Å². The van der Waals surface area contributed by atoms with Gasteiger partial charge in [-0.2, -0.15) is 0 Å². The number of fused-ring (bicyclic) bond motifs is 15. The fraction of sp³-hybridized carbons (Fsp3) is 0.415. The van der Waals surface area contributed by atoms with Crippen molar-refractivity contribution < 1.29 is 113 Å². The summed E-state index contributed by atoms with van der Waals surface area (Å²) >= 11 is 14.1. The zero-order valence-electron chi connectivity index (χ0n) is 53.0. The average molecular weight is 1420 g/mol. The normalized spacial score (nSPS) is 29.8. The molecular weight excluding hydrogens is 1350 g/mol. The number of primary amides is 1. The molecule has 2 saturated heterocycles. The number of carbonyl (C=O) groups is 8. The molecule has 5 aromatic carbocycles. The van der Waals surface area contributed by atoms with Gasteiger partial charge in [0.2, 0.25) is 53.4 Å². The van der Waals surface area contributed by atoms with E-state index in [9.17, 15) is 69.9 Å². The summed E-state index contributed by atoms with van der Waals surface area (Å²) in [7, 11) is 0. The van der Waals surface area contributed by atoms with Crippen LogP contribution in [0.15, 0.2) is 78.9 Å². The number of phenols is 3. The van der Waals surface area contributed by atoms with Crippen molar-refractivity contribution in [3.05, 3.63) is 117 Å². The van der Waals surface area contributed by atoms with E-state index in [2.05, 4.69) is 31.9 Å². The van der Waals surface area contributed by atoms with Crippen LogP contribution in [0.1, 0.15) is 105 Å². The molecule has 21 N–H and O–H groups in total. The first kappa shape index (κ1) is 72.7. The summed E-state index contributed by atoms with van der Waals surface area (Å²) in [5.74, 6) is -13.8. The second kappa shape index (κ2) is 29.4. The highest BCUT2D eigenvalue weighted by Gasteiger charge is 2.51. The van der Waals surface area contributed by atoms with Gasteiger partial charge in [-0.1, -0.05) is 55.2 Å². The lowest BCUT2D eigenvalue weighted by atomic mass is 9.86.